The van der Waals surface area contributed by atoms with Gasteiger partial charge in [-0.25, -0.2) is 4.79 Å². The van der Waals surface area contributed by atoms with Crippen molar-refractivity contribution in [3.8, 4) is 0 Å². The lowest BCUT2D eigenvalue weighted by atomic mass is 10.1. The van der Waals surface area contributed by atoms with Gasteiger partial charge in [-0.1, -0.05) is 25.5 Å². The molecule has 0 unspecified atom stereocenters. The van der Waals surface area contributed by atoms with Crippen molar-refractivity contribution < 1.29 is 14.3 Å². The van der Waals surface area contributed by atoms with E-state index in [1.54, 1.807) is 0 Å². The van der Waals surface area contributed by atoms with E-state index in [-0.39, 0.29) is 5.97 Å². The van der Waals surface area contributed by atoms with Gasteiger partial charge in [0.25, 0.3) is 0 Å². The number of hydrogen-bond donors (Lipinski definition) is 0. The summed E-state index contributed by atoms with van der Waals surface area (Å²) in [4.78, 5) is 14.0. The van der Waals surface area contributed by atoms with Crippen LogP contribution in [0, 0.1) is 0 Å². The Morgan fingerprint density at radius 2 is 1.81 bits per heavy atom. The largest absolute Gasteiger partial charge is 0.460 e. The third-order valence-corrected chi connectivity index (χ3v) is 3.14. The van der Waals surface area contributed by atoms with E-state index in [1.165, 1.54) is 5.56 Å². The normalized spacial score (nSPS) is 10.9. The van der Waals surface area contributed by atoms with Crippen LogP contribution in [0.15, 0.2) is 24.3 Å². The van der Waals surface area contributed by atoms with Crippen molar-refractivity contribution in [1.29, 1.82) is 0 Å². The first-order valence-electron chi connectivity index (χ1n) is 7.62. The number of esters is 1. The van der Waals surface area contributed by atoms with Gasteiger partial charge in [0.15, 0.2) is 0 Å². The van der Waals surface area contributed by atoms with E-state index in [1.807, 2.05) is 38.4 Å². The molecule has 0 heterocycles. The Morgan fingerprint density at radius 3 is 2.43 bits per heavy atom. The van der Waals surface area contributed by atoms with Gasteiger partial charge in [-0.15, -0.1) is 0 Å². The fourth-order valence-electron chi connectivity index (χ4n) is 1.79. The van der Waals surface area contributed by atoms with Gasteiger partial charge < -0.3 is 14.4 Å². The first kappa shape index (κ1) is 17.7. The number of ether oxygens (including phenoxy) is 2. The minimum Gasteiger partial charge on any atom is -0.460 e. The molecule has 0 saturated heterocycles. The van der Waals surface area contributed by atoms with E-state index < -0.39 is 0 Å². The molecular weight excluding hydrogens is 266 g/mol. The highest BCUT2D eigenvalue weighted by molar-refractivity contribution is 5.89. The second-order valence-electron chi connectivity index (χ2n) is 5.35. The molecule has 1 aromatic carbocycles. The first-order chi connectivity index (χ1) is 10.1. The molecule has 4 nitrogen and oxygen atoms in total. The summed E-state index contributed by atoms with van der Waals surface area (Å²) in [7, 11) is 4.10. The van der Waals surface area contributed by atoms with E-state index >= 15 is 0 Å². The van der Waals surface area contributed by atoms with Gasteiger partial charge in [-0.3, -0.25) is 0 Å². The van der Waals surface area contributed by atoms with Gasteiger partial charge in [0.05, 0.1) is 12.2 Å². The molecule has 4 heteroatoms. The van der Waals surface area contributed by atoms with Gasteiger partial charge in [0.1, 0.15) is 6.61 Å². The highest BCUT2D eigenvalue weighted by Crippen LogP contribution is 2.07. The maximum Gasteiger partial charge on any atom is 0.338 e. The number of carbonyl (C=O) groups is 1. The summed E-state index contributed by atoms with van der Waals surface area (Å²) < 4.78 is 10.5. The van der Waals surface area contributed by atoms with Crippen LogP contribution < -0.4 is 0 Å². The zero-order valence-electron chi connectivity index (χ0n) is 13.4. The Balaban J connectivity index is 2.27. The Kier molecular flexibility index (Phi) is 8.71. The van der Waals surface area contributed by atoms with Crippen LogP contribution >= 0.6 is 0 Å². The molecule has 0 aliphatic rings. The molecule has 118 valence electrons. The predicted molar refractivity (Wildman–Crippen MR) is 84.7 cm³/mol. The van der Waals surface area contributed by atoms with E-state index in [4.69, 9.17) is 9.47 Å². The third kappa shape index (κ3) is 7.83. The number of hydrogen-bond acceptors (Lipinski definition) is 4. The quantitative estimate of drug-likeness (QED) is 0.491. The summed E-state index contributed by atoms with van der Waals surface area (Å²) in [5, 5.41) is 0. The van der Waals surface area contributed by atoms with Crippen molar-refractivity contribution in [2.45, 2.75) is 26.2 Å². The highest BCUT2D eigenvalue weighted by atomic mass is 16.6. The molecule has 0 saturated carbocycles. The number of likely N-dealkylation sites (N-methyl/N-ethyl adjacent to an activating group) is 1. The molecule has 0 spiro atoms. The van der Waals surface area contributed by atoms with Gasteiger partial charge >= 0.3 is 5.97 Å². The van der Waals surface area contributed by atoms with E-state index in [0.29, 0.717) is 18.8 Å². The molecule has 0 aliphatic carbocycles. The van der Waals surface area contributed by atoms with E-state index in [0.717, 1.165) is 32.4 Å². The van der Waals surface area contributed by atoms with Gasteiger partial charge in [0, 0.05) is 13.2 Å². The lowest BCUT2D eigenvalue weighted by Crippen LogP contribution is -2.15. The van der Waals surface area contributed by atoms with Crippen LogP contribution in [0.1, 0.15) is 35.7 Å². The van der Waals surface area contributed by atoms with Gasteiger partial charge in [0.2, 0.25) is 0 Å². The molecule has 0 fully saturated rings. The SMILES string of the molecule is CCCCOCCOC(=O)c1ccc(CCN(C)C)cc1. The Bertz CT molecular complexity index is 401. The molecule has 0 radical (unpaired) electrons. The van der Waals surface area contributed by atoms with Crippen LogP contribution in [0.3, 0.4) is 0 Å². The lowest BCUT2D eigenvalue weighted by Gasteiger charge is -2.09. The second-order valence-corrected chi connectivity index (χ2v) is 5.35. The van der Waals surface area contributed by atoms with Crippen molar-refractivity contribution in [3.63, 3.8) is 0 Å². The summed E-state index contributed by atoms with van der Waals surface area (Å²) in [6.45, 7) is 4.62. The summed E-state index contributed by atoms with van der Waals surface area (Å²) in [6.07, 6.45) is 3.13. The van der Waals surface area contributed by atoms with Crippen molar-refractivity contribution in [2.24, 2.45) is 0 Å². The Hall–Kier alpha value is -1.39. The average molecular weight is 293 g/mol. The van der Waals surface area contributed by atoms with Crippen molar-refractivity contribution in [2.75, 3.05) is 40.5 Å². The molecule has 0 atom stereocenters. The molecule has 0 N–H and O–H groups in total. The fourth-order valence-corrected chi connectivity index (χ4v) is 1.79. The van der Waals surface area contributed by atoms with Crippen LogP contribution in [0.25, 0.3) is 0 Å². The lowest BCUT2D eigenvalue weighted by molar-refractivity contribution is 0.0314. The van der Waals surface area contributed by atoms with Crippen molar-refractivity contribution in [3.05, 3.63) is 35.4 Å². The minimum absolute atomic E-state index is 0.284. The van der Waals surface area contributed by atoms with Gasteiger partial charge in [-0.05, 0) is 44.6 Å². The summed E-state index contributed by atoms with van der Waals surface area (Å²) >= 11 is 0. The third-order valence-electron chi connectivity index (χ3n) is 3.14. The zero-order chi connectivity index (χ0) is 15.5. The maximum absolute atomic E-state index is 11.8. The smallest absolute Gasteiger partial charge is 0.338 e. The van der Waals surface area contributed by atoms with Crippen LogP contribution in [0.4, 0.5) is 0 Å². The Morgan fingerprint density at radius 1 is 1.10 bits per heavy atom. The monoisotopic (exact) mass is 293 g/mol. The Labute approximate surface area is 128 Å². The summed E-state index contributed by atoms with van der Waals surface area (Å²) in [6, 6.07) is 7.62. The average Bonchev–Trinajstić information content (AvgIpc) is 2.49. The zero-order valence-corrected chi connectivity index (χ0v) is 13.4. The molecule has 21 heavy (non-hydrogen) atoms. The standard InChI is InChI=1S/C17H27NO3/c1-4-5-12-20-13-14-21-17(19)16-8-6-15(7-9-16)10-11-18(2)3/h6-9H,4-5,10-14H2,1-3H3. The number of unbranched alkanes of at least 4 members (excludes halogenated alkanes) is 1. The van der Waals surface area contributed by atoms with Crippen molar-refractivity contribution >= 4 is 5.97 Å². The fraction of sp³-hybridized carbons (Fsp3) is 0.588. The maximum atomic E-state index is 11.8. The molecule has 1 rings (SSSR count). The van der Waals surface area contributed by atoms with E-state index in [9.17, 15) is 4.79 Å². The minimum atomic E-state index is -0.284. The molecule has 0 aliphatic heterocycles. The summed E-state index contributed by atoms with van der Waals surface area (Å²) in [5.41, 5.74) is 1.82. The van der Waals surface area contributed by atoms with Gasteiger partial charge in [-0.2, -0.15) is 0 Å². The van der Waals surface area contributed by atoms with Crippen LogP contribution in [-0.4, -0.2) is 51.3 Å². The second kappa shape index (κ2) is 10.4. The highest BCUT2D eigenvalue weighted by Gasteiger charge is 2.06. The molecule has 0 bridgehead atoms. The van der Waals surface area contributed by atoms with Crippen LogP contribution in [0.2, 0.25) is 0 Å². The molecular formula is C17H27NO3. The topological polar surface area (TPSA) is 38.8 Å². The van der Waals surface area contributed by atoms with Crippen LogP contribution in [-0.2, 0) is 15.9 Å². The molecule has 0 aromatic heterocycles. The summed E-state index contributed by atoms with van der Waals surface area (Å²) in [5.74, 6) is -0.284. The molecule has 0 amide bonds. The van der Waals surface area contributed by atoms with Crippen molar-refractivity contribution in [1.82, 2.24) is 4.90 Å². The number of benzene rings is 1. The first-order valence-corrected chi connectivity index (χ1v) is 7.62. The number of nitrogens with zero attached hydrogens (tertiary/aromatic N) is 1. The van der Waals surface area contributed by atoms with Crippen LogP contribution in [0.5, 0.6) is 0 Å². The molecule has 1 aromatic rings. The predicted octanol–water partition coefficient (Wildman–Crippen LogP) is 2.76. The van der Waals surface area contributed by atoms with E-state index in [2.05, 4.69) is 11.8 Å². The number of carbonyl (C=O) groups excluding carboxylic acids is 1. The number of rotatable bonds is 10.